The molecule has 2 aliphatic rings. The second-order valence-corrected chi connectivity index (χ2v) is 6.47. The van der Waals surface area contributed by atoms with E-state index >= 15 is 0 Å². The second kappa shape index (κ2) is 5.52. The van der Waals surface area contributed by atoms with Gasteiger partial charge in [0.1, 0.15) is 5.82 Å². The fourth-order valence-electron chi connectivity index (χ4n) is 2.45. The number of carbonyl (C=O) groups is 2. The van der Waals surface area contributed by atoms with Gasteiger partial charge >= 0.3 is 0 Å². The summed E-state index contributed by atoms with van der Waals surface area (Å²) in [7, 11) is 0. The van der Waals surface area contributed by atoms with Gasteiger partial charge < -0.3 is 4.57 Å². The van der Waals surface area contributed by atoms with Gasteiger partial charge in [0.25, 0.3) is 0 Å². The van der Waals surface area contributed by atoms with Gasteiger partial charge in [-0.25, -0.2) is 0 Å². The second-order valence-electron chi connectivity index (χ2n) is 5.30. The molecule has 20 heavy (non-hydrogen) atoms. The van der Waals surface area contributed by atoms with E-state index in [-0.39, 0.29) is 16.8 Å². The minimum absolute atomic E-state index is 0.244. The molecule has 0 spiro atoms. The summed E-state index contributed by atoms with van der Waals surface area (Å²) in [6.45, 7) is 4.41. The lowest BCUT2D eigenvalue weighted by Gasteiger charge is -2.18. The van der Waals surface area contributed by atoms with Crippen molar-refractivity contribution in [1.29, 1.82) is 0 Å². The normalized spacial score (nSPS) is 23.1. The van der Waals surface area contributed by atoms with Crippen LogP contribution in [0.25, 0.3) is 0 Å². The molecule has 0 bridgehead atoms. The summed E-state index contributed by atoms with van der Waals surface area (Å²) in [6, 6.07) is 0. The van der Waals surface area contributed by atoms with E-state index in [1.807, 2.05) is 10.6 Å². The number of ketones is 2. The van der Waals surface area contributed by atoms with Crippen LogP contribution in [0.3, 0.4) is 0 Å². The van der Waals surface area contributed by atoms with Crippen LogP contribution in [-0.4, -0.2) is 31.6 Å². The Kier molecular flexibility index (Phi) is 3.74. The SMILES string of the molecule is C=CCn1c(S[C@H]2CCCC(=O)C2=O)nnc1C1CC1. The van der Waals surface area contributed by atoms with Crippen LogP contribution < -0.4 is 0 Å². The van der Waals surface area contributed by atoms with Gasteiger partial charge in [0.2, 0.25) is 5.78 Å². The van der Waals surface area contributed by atoms with Crippen LogP contribution in [0.15, 0.2) is 17.8 Å². The van der Waals surface area contributed by atoms with Gasteiger partial charge in [-0.05, 0) is 25.7 Å². The number of allylic oxidation sites excluding steroid dienone is 1. The van der Waals surface area contributed by atoms with Crippen molar-refractivity contribution in [2.45, 2.75) is 55.0 Å². The van der Waals surface area contributed by atoms with Crippen molar-refractivity contribution in [2.24, 2.45) is 0 Å². The Morgan fingerprint density at radius 3 is 2.80 bits per heavy atom. The van der Waals surface area contributed by atoms with Crippen molar-refractivity contribution >= 4 is 23.3 Å². The number of aromatic nitrogens is 3. The average Bonchev–Trinajstić information content (AvgIpc) is 3.20. The number of Topliss-reactive ketones (excluding diaryl/α,β-unsaturated/α-hetero) is 2. The van der Waals surface area contributed by atoms with E-state index in [0.29, 0.717) is 18.9 Å². The Hall–Kier alpha value is -1.43. The third kappa shape index (κ3) is 2.57. The number of thioether (sulfide) groups is 1. The van der Waals surface area contributed by atoms with Crippen molar-refractivity contribution in [3.05, 3.63) is 18.5 Å². The first-order chi connectivity index (χ1) is 9.70. The molecule has 106 valence electrons. The monoisotopic (exact) mass is 291 g/mol. The zero-order valence-electron chi connectivity index (χ0n) is 11.2. The zero-order chi connectivity index (χ0) is 14.1. The molecule has 1 heterocycles. The first-order valence-corrected chi connectivity index (χ1v) is 7.86. The topological polar surface area (TPSA) is 64.8 Å². The molecule has 1 aromatic rings. The predicted molar refractivity (Wildman–Crippen MR) is 75.7 cm³/mol. The highest BCUT2D eigenvalue weighted by Crippen LogP contribution is 2.40. The molecule has 0 aliphatic heterocycles. The first-order valence-electron chi connectivity index (χ1n) is 6.98. The lowest BCUT2D eigenvalue weighted by atomic mass is 9.98. The quantitative estimate of drug-likeness (QED) is 0.614. The van der Waals surface area contributed by atoms with Crippen LogP contribution in [-0.2, 0) is 16.1 Å². The molecule has 0 N–H and O–H groups in total. The standard InChI is InChI=1S/C14H17N3O2S/c1-2-8-17-13(9-6-7-9)15-16-14(17)20-11-5-3-4-10(18)12(11)19/h2,9,11H,1,3-8H2/t11-/m0/s1. The van der Waals surface area contributed by atoms with Crippen molar-refractivity contribution in [3.63, 3.8) is 0 Å². The molecule has 0 radical (unpaired) electrons. The van der Waals surface area contributed by atoms with Crippen molar-refractivity contribution < 1.29 is 9.59 Å². The van der Waals surface area contributed by atoms with Gasteiger partial charge in [-0.3, -0.25) is 9.59 Å². The number of carbonyl (C=O) groups excluding carboxylic acids is 2. The van der Waals surface area contributed by atoms with E-state index < -0.39 is 0 Å². The smallest absolute Gasteiger partial charge is 0.211 e. The lowest BCUT2D eigenvalue weighted by molar-refractivity contribution is -0.137. The molecule has 0 amide bonds. The Balaban J connectivity index is 1.81. The molecule has 2 saturated carbocycles. The van der Waals surface area contributed by atoms with E-state index in [0.717, 1.165) is 36.7 Å². The lowest BCUT2D eigenvalue weighted by Crippen LogP contribution is -2.30. The highest BCUT2D eigenvalue weighted by atomic mass is 32.2. The van der Waals surface area contributed by atoms with E-state index in [1.165, 1.54) is 11.8 Å². The molecule has 1 atom stereocenters. The van der Waals surface area contributed by atoms with Crippen molar-refractivity contribution in [1.82, 2.24) is 14.8 Å². The summed E-state index contributed by atoms with van der Waals surface area (Å²) in [6.07, 6.45) is 6.04. The number of nitrogens with zero attached hydrogens (tertiary/aromatic N) is 3. The Labute approximate surface area is 121 Å². The molecule has 0 unspecified atom stereocenters. The summed E-state index contributed by atoms with van der Waals surface area (Å²) in [5.41, 5.74) is 0. The minimum Gasteiger partial charge on any atom is -0.302 e. The summed E-state index contributed by atoms with van der Waals surface area (Å²) >= 11 is 1.38. The third-order valence-electron chi connectivity index (χ3n) is 3.68. The fourth-order valence-corrected chi connectivity index (χ4v) is 3.61. The predicted octanol–water partition coefficient (Wildman–Crippen LogP) is 2.12. The maximum Gasteiger partial charge on any atom is 0.211 e. The highest BCUT2D eigenvalue weighted by molar-refractivity contribution is 8.00. The van der Waals surface area contributed by atoms with Crippen LogP contribution in [0.5, 0.6) is 0 Å². The van der Waals surface area contributed by atoms with Gasteiger partial charge in [-0.1, -0.05) is 17.8 Å². The van der Waals surface area contributed by atoms with Crippen LogP contribution in [0, 0.1) is 0 Å². The molecule has 1 aromatic heterocycles. The van der Waals surface area contributed by atoms with Crippen LogP contribution in [0.1, 0.15) is 43.8 Å². The molecule has 5 nitrogen and oxygen atoms in total. The van der Waals surface area contributed by atoms with Gasteiger partial charge in [0, 0.05) is 18.9 Å². The van der Waals surface area contributed by atoms with Crippen molar-refractivity contribution in [3.8, 4) is 0 Å². The summed E-state index contributed by atoms with van der Waals surface area (Å²) in [5, 5.41) is 8.91. The molecule has 6 heteroatoms. The molecule has 3 rings (SSSR count). The summed E-state index contributed by atoms with van der Waals surface area (Å²) < 4.78 is 2.03. The molecular formula is C14H17N3O2S. The van der Waals surface area contributed by atoms with Gasteiger partial charge in [0.15, 0.2) is 10.9 Å². The van der Waals surface area contributed by atoms with Crippen molar-refractivity contribution in [2.75, 3.05) is 0 Å². The molecular weight excluding hydrogens is 274 g/mol. The molecule has 0 aromatic carbocycles. The first kappa shape index (κ1) is 13.5. The van der Waals surface area contributed by atoms with Crippen LogP contribution >= 0.6 is 11.8 Å². The Morgan fingerprint density at radius 2 is 2.10 bits per heavy atom. The number of rotatable bonds is 5. The third-order valence-corrected chi connectivity index (χ3v) is 4.93. The maximum atomic E-state index is 11.9. The number of hydrogen-bond donors (Lipinski definition) is 0. The van der Waals surface area contributed by atoms with Gasteiger partial charge in [0.05, 0.1) is 5.25 Å². The largest absolute Gasteiger partial charge is 0.302 e. The van der Waals surface area contributed by atoms with E-state index in [2.05, 4.69) is 16.8 Å². The minimum atomic E-state index is -0.295. The van der Waals surface area contributed by atoms with E-state index in [9.17, 15) is 9.59 Å². The highest BCUT2D eigenvalue weighted by Gasteiger charge is 2.34. The molecule has 2 fully saturated rings. The molecule has 0 saturated heterocycles. The fraction of sp³-hybridized carbons (Fsp3) is 0.571. The Bertz CT molecular complexity index is 563. The Morgan fingerprint density at radius 1 is 1.30 bits per heavy atom. The van der Waals surface area contributed by atoms with Gasteiger partial charge in [-0.2, -0.15) is 0 Å². The van der Waals surface area contributed by atoms with E-state index in [4.69, 9.17) is 0 Å². The summed E-state index contributed by atoms with van der Waals surface area (Å²) in [5.74, 6) is 0.982. The van der Waals surface area contributed by atoms with Crippen LogP contribution in [0.2, 0.25) is 0 Å². The van der Waals surface area contributed by atoms with Crippen LogP contribution in [0.4, 0.5) is 0 Å². The molecule has 2 aliphatic carbocycles. The number of hydrogen-bond acceptors (Lipinski definition) is 5. The van der Waals surface area contributed by atoms with E-state index in [1.54, 1.807) is 0 Å². The average molecular weight is 291 g/mol. The summed E-state index contributed by atoms with van der Waals surface area (Å²) in [4.78, 5) is 23.4. The zero-order valence-corrected chi connectivity index (χ0v) is 12.1. The maximum absolute atomic E-state index is 11.9. The van der Waals surface area contributed by atoms with Gasteiger partial charge in [-0.15, -0.1) is 16.8 Å².